The average molecular weight is 258 g/mol. The highest BCUT2D eigenvalue weighted by Gasteiger charge is 2.20. The summed E-state index contributed by atoms with van der Waals surface area (Å²) in [6.07, 6.45) is 7.57. The van der Waals surface area contributed by atoms with E-state index in [2.05, 4.69) is 16.1 Å². The van der Waals surface area contributed by atoms with E-state index in [9.17, 15) is 8.42 Å². The van der Waals surface area contributed by atoms with Gasteiger partial charge in [0.25, 0.3) is 0 Å². The highest BCUT2D eigenvalue weighted by molar-refractivity contribution is 7.89. The molecule has 0 atom stereocenters. The fourth-order valence-corrected chi connectivity index (χ4v) is 3.40. The van der Waals surface area contributed by atoms with Crippen LogP contribution in [0.5, 0.6) is 0 Å². The Hall–Kier alpha value is -0.390. The first-order valence-corrected chi connectivity index (χ1v) is 8.17. The second kappa shape index (κ2) is 5.98. The summed E-state index contributed by atoms with van der Waals surface area (Å²) in [4.78, 5) is 0. The van der Waals surface area contributed by atoms with Crippen molar-refractivity contribution in [3.05, 3.63) is 11.6 Å². The fourth-order valence-electron chi connectivity index (χ4n) is 2.21. The van der Waals surface area contributed by atoms with Crippen molar-refractivity contribution < 1.29 is 8.42 Å². The lowest BCUT2D eigenvalue weighted by atomic mass is 9.84. The van der Waals surface area contributed by atoms with Crippen LogP contribution in [0.25, 0.3) is 0 Å². The van der Waals surface area contributed by atoms with Crippen molar-refractivity contribution in [3.8, 4) is 0 Å². The molecule has 2 rings (SSSR count). The third-order valence-electron chi connectivity index (χ3n) is 3.70. The minimum Gasteiger partial charge on any atom is -0.313 e. The zero-order valence-corrected chi connectivity index (χ0v) is 11.1. The number of nitrogens with one attached hydrogen (secondary N) is 2. The Kier molecular flexibility index (Phi) is 4.59. The summed E-state index contributed by atoms with van der Waals surface area (Å²) in [5.74, 6) is 0.952. The van der Waals surface area contributed by atoms with E-state index in [0.29, 0.717) is 18.2 Å². The van der Waals surface area contributed by atoms with E-state index in [-0.39, 0.29) is 0 Å². The maximum Gasteiger partial charge on any atom is 0.211 e. The van der Waals surface area contributed by atoms with Crippen LogP contribution in [0, 0.1) is 5.92 Å². The highest BCUT2D eigenvalue weighted by atomic mass is 32.2. The van der Waals surface area contributed by atoms with Gasteiger partial charge in [-0.15, -0.1) is 0 Å². The van der Waals surface area contributed by atoms with Crippen LogP contribution in [-0.4, -0.2) is 33.8 Å². The molecule has 2 N–H and O–H groups in total. The molecule has 0 saturated heterocycles. The van der Waals surface area contributed by atoms with Crippen LogP contribution in [0.4, 0.5) is 0 Å². The first kappa shape index (κ1) is 13.1. The molecule has 1 saturated carbocycles. The van der Waals surface area contributed by atoms with Gasteiger partial charge in [0, 0.05) is 13.1 Å². The molecule has 0 spiro atoms. The van der Waals surface area contributed by atoms with E-state index in [1.807, 2.05) is 0 Å². The van der Waals surface area contributed by atoms with Gasteiger partial charge in [0.05, 0.1) is 5.75 Å². The Morgan fingerprint density at radius 3 is 2.82 bits per heavy atom. The predicted octanol–water partition coefficient (Wildman–Crippen LogP) is 1.02. The lowest BCUT2D eigenvalue weighted by molar-refractivity contribution is 0.307. The van der Waals surface area contributed by atoms with E-state index in [1.54, 1.807) is 0 Å². The first-order valence-electron chi connectivity index (χ1n) is 6.52. The summed E-state index contributed by atoms with van der Waals surface area (Å²) in [6, 6.07) is 0. The molecule has 1 aliphatic heterocycles. The zero-order valence-electron chi connectivity index (χ0n) is 10.2. The molecule has 0 aromatic carbocycles. The van der Waals surface area contributed by atoms with Crippen molar-refractivity contribution in [1.29, 1.82) is 0 Å². The van der Waals surface area contributed by atoms with Gasteiger partial charge in [0.1, 0.15) is 0 Å². The fraction of sp³-hybridized carbons (Fsp3) is 0.833. The van der Waals surface area contributed by atoms with Crippen LogP contribution in [0.1, 0.15) is 32.1 Å². The lowest BCUT2D eigenvalue weighted by Crippen LogP contribution is -2.32. The summed E-state index contributed by atoms with van der Waals surface area (Å²) < 4.78 is 26.2. The molecular weight excluding hydrogens is 236 g/mol. The predicted molar refractivity (Wildman–Crippen MR) is 69.3 cm³/mol. The van der Waals surface area contributed by atoms with Gasteiger partial charge in [-0.25, -0.2) is 13.1 Å². The van der Waals surface area contributed by atoms with Crippen LogP contribution >= 0.6 is 0 Å². The Labute approximate surface area is 104 Å². The van der Waals surface area contributed by atoms with E-state index in [1.165, 1.54) is 24.8 Å². The van der Waals surface area contributed by atoms with Gasteiger partial charge >= 0.3 is 0 Å². The Morgan fingerprint density at radius 1 is 1.41 bits per heavy atom. The van der Waals surface area contributed by atoms with Crippen molar-refractivity contribution >= 4 is 10.0 Å². The molecule has 0 aromatic heterocycles. The standard InChI is InChI=1S/C12H22N2O2S/c15-17(16,9-6-11-2-1-3-11)14-10-12-4-7-13-8-5-12/h4,11,13-14H,1-3,5-10H2. The molecule has 17 heavy (non-hydrogen) atoms. The van der Waals surface area contributed by atoms with Crippen molar-refractivity contribution in [2.24, 2.45) is 5.92 Å². The summed E-state index contributed by atoms with van der Waals surface area (Å²) in [7, 11) is -3.06. The van der Waals surface area contributed by atoms with Gasteiger partial charge < -0.3 is 5.32 Å². The topological polar surface area (TPSA) is 58.2 Å². The molecule has 0 aromatic rings. The summed E-state index contributed by atoms with van der Waals surface area (Å²) in [5.41, 5.74) is 1.20. The van der Waals surface area contributed by atoms with E-state index < -0.39 is 10.0 Å². The summed E-state index contributed by atoms with van der Waals surface area (Å²) in [6.45, 7) is 2.31. The molecular formula is C12H22N2O2S. The molecule has 4 nitrogen and oxygen atoms in total. The van der Waals surface area contributed by atoms with Crippen LogP contribution in [0.2, 0.25) is 0 Å². The van der Waals surface area contributed by atoms with Crippen molar-refractivity contribution in [2.75, 3.05) is 25.4 Å². The maximum absolute atomic E-state index is 11.8. The largest absolute Gasteiger partial charge is 0.313 e. The molecule has 5 heteroatoms. The normalized spacial score (nSPS) is 22.0. The Balaban J connectivity index is 1.70. The third-order valence-corrected chi connectivity index (χ3v) is 5.05. The van der Waals surface area contributed by atoms with Gasteiger partial charge in [-0.2, -0.15) is 0 Å². The minimum absolute atomic E-state index is 0.295. The molecule has 98 valence electrons. The molecule has 1 aliphatic carbocycles. The number of sulfonamides is 1. The number of hydrogen-bond acceptors (Lipinski definition) is 3. The molecule has 1 fully saturated rings. The van der Waals surface area contributed by atoms with E-state index >= 15 is 0 Å². The van der Waals surface area contributed by atoms with Gasteiger partial charge in [-0.1, -0.05) is 30.9 Å². The Bertz CT molecular complexity index is 372. The van der Waals surface area contributed by atoms with Crippen LogP contribution in [0.15, 0.2) is 11.6 Å². The van der Waals surface area contributed by atoms with E-state index in [0.717, 1.165) is 25.9 Å². The zero-order chi connectivity index (χ0) is 12.1. The lowest BCUT2D eigenvalue weighted by Gasteiger charge is -2.25. The minimum atomic E-state index is -3.06. The van der Waals surface area contributed by atoms with Gasteiger partial charge in [0.15, 0.2) is 0 Å². The van der Waals surface area contributed by atoms with Crippen LogP contribution < -0.4 is 10.0 Å². The maximum atomic E-state index is 11.8. The monoisotopic (exact) mass is 258 g/mol. The second-order valence-electron chi connectivity index (χ2n) is 5.04. The SMILES string of the molecule is O=S(=O)(CCC1CCC1)NCC1=CCNCC1. The quantitative estimate of drug-likeness (QED) is 0.699. The third kappa shape index (κ3) is 4.41. The second-order valence-corrected chi connectivity index (χ2v) is 6.97. The molecule has 0 unspecified atom stereocenters. The highest BCUT2D eigenvalue weighted by Crippen LogP contribution is 2.29. The van der Waals surface area contributed by atoms with Gasteiger partial charge in [-0.3, -0.25) is 0 Å². The number of hydrogen-bond donors (Lipinski definition) is 2. The molecule has 0 radical (unpaired) electrons. The van der Waals surface area contributed by atoms with Crippen molar-refractivity contribution in [2.45, 2.75) is 32.1 Å². The molecule has 2 aliphatic rings. The molecule has 0 amide bonds. The smallest absolute Gasteiger partial charge is 0.211 e. The van der Waals surface area contributed by atoms with E-state index in [4.69, 9.17) is 0 Å². The molecule has 1 heterocycles. The van der Waals surface area contributed by atoms with Gasteiger partial charge in [0.2, 0.25) is 10.0 Å². The Morgan fingerprint density at radius 2 is 2.24 bits per heavy atom. The first-order chi connectivity index (χ1) is 8.16. The van der Waals surface area contributed by atoms with Crippen LogP contribution in [0.3, 0.4) is 0 Å². The van der Waals surface area contributed by atoms with Gasteiger partial charge in [-0.05, 0) is 25.3 Å². The molecule has 0 bridgehead atoms. The number of rotatable bonds is 6. The summed E-state index contributed by atoms with van der Waals surface area (Å²) >= 11 is 0. The van der Waals surface area contributed by atoms with Crippen molar-refractivity contribution in [3.63, 3.8) is 0 Å². The summed E-state index contributed by atoms with van der Waals surface area (Å²) in [5, 5.41) is 3.21. The van der Waals surface area contributed by atoms with Crippen LogP contribution in [-0.2, 0) is 10.0 Å². The average Bonchev–Trinajstić information content (AvgIpc) is 2.26. The van der Waals surface area contributed by atoms with Crippen molar-refractivity contribution in [1.82, 2.24) is 10.0 Å².